The molecular formula is C16H31N3OS. The second kappa shape index (κ2) is 8.39. The van der Waals surface area contributed by atoms with Gasteiger partial charge in [0.05, 0.1) is 6.04 Å². The molecule has 2 aliphatic rings. The molecule has 5 heteroatoms. The number of carbonyl (C=O) groups excluding carboxylic acids is 1. The van der Waals surface area contributed by atoms with Gasteiger partial charge in [-0.1, -0.05) is 0 Å². The topological polar surface area (TPSA) is 35.6 Å². The molecule has 2 heterocycles. The summed E-state index contributed by atoms with van der Waals surface area (Å²) in [5.74, 6) is 1.47. The molecule has 0 spiro atoms. The lowest BCUT2D eigenvalue weighted by Crippen LogP contribution is -2.52. The molecule has 4 nitrogen and oxygen atoms in total. The SMILES string of the molecule is CSCCC(C)N(C)C(=O)C1CCCN1C1CCNCC1. The maximum atomic E-state index is 12.9. The average molecular weight is 314 g/mol. The van der Waals surface area contributed by atoms with Crippen molar-refractivity contribution in [2.24, 2.45) is 0 Å². The monoisotopic (exact) mass is 313 g/mol. The molecule has 21 heavy (non-hydrogen) atoms. The number of carbonyl (C=O) groups is 1. The summed E-state index contributed by atoms with van der Waals surface area (Å²) in [6, 6.07) is 1.09. The lowest BCUT2D eigenvalue weighted by Gasteiger charge is -2.37. The molecule has 122 valence electrons. The van der Waals surface area contributed by atoms with Crippen LogP contribution in [0.5, 0.6) is 0 Å². The van der Waals surface area contributed by atoms with Gasteiger partial charge in [-0.2, -0.15) is 11.8 Å². The van der Waals surface area contributed by atoms with Gasteiger partial charge in [-0.05, 0) is 70.7 Å². The van der Waals surface area contributed by atoms with Crippen molar-refractivity contribution in [3.8, 4) is 0 Å². The van der Waals surface area contributed by atoms with Crippen LogP contribution in [-0.2, 0) is 4.79 Å². The number of nitrogens with one attached hydrogen (secondary N) is 1. The Bertz CT molecular complexity index is 333. The number of thioether (sulfide) groups is 1. The summed E-state index contributed by atoms with van der Waals surface area (Å²) in [6.45, 7) is 5.48. The number of likely N-dealkylation sites (tertiary alicyclic amines) is 1. The quantitative estimate of drug-likeness (QED) is 0.811. The van der Waals surface area contributed by atoms with Crippen molar-refractivity contribution >= 4 is 17.7 Å². The lowest BCUT2D eigenvalue weighted by molar-refractivity contribution is -0.137. The van der Waals surface area contributed by atoms with Crippen LogP contribution in [-0.4, -0.2) is 72.5 Å². The number of hydrogen-bond acceptors (Lipinski definition) is 4. The molecular weight excluding hydrogens is 282 g/mol. The molecule has 0 aliphatic carbocycles. The van der Waals surface area contributed by atoms with Crippen LogP contribution in [0, 0.1) is 0 Å². The highest BCUT2D eigenvalue weighted by Gasteiger charge is 2.37. The molecule has 0 radical (unpaired) electrons. The van der Waals surface area contributed by atoms with E-state index in [1.54, 1.807) is 0 Å². The lowest BCUT2D eigenvalue weighted by atomic mass is 10.0. The molecule has 0 saturated carbocycles. The van der Waals surface area contributed by atoms with E-state index in [9.17, 15) is 4.79 Å². The van der Waals surface area contributed by atoms with Gasteiger partial charge in [-0.15, -0.1) is 0 Å². The van der Waals surface area contributed by atoms with E-state index in [0.717, 1.165) is 38.2 Å². The molecule has 0 aromatic heterocycles. The number of amides is 1. The molecule has 2 rings (SSSR count). The van der Waals surface area contributed by atoms with Crippen LogP contribution in [0.2, 0.25) is 0 Å². The fraction of sp³-hybridized carbons (Fsp3) is 0.938. The van der Waals surface area contributed by atoms with Gasteiger partial charge in [-0.3, -0.25) is 9.69 Å². The van der Waals surface area contributed by atoms with E-state index in [-0.39, 0.29) is 6.04 Å². The van der Waals surface area contributed by atoms with Crippen LogP contribution in [0.3, 0.4) is 0 Å². The van der Waals surface area contributed by atoms with Crippen LogP contribution < -0.4 is 5.32 Å². The summed E-state index contributed by atoms with van der Waals surface area (Å²) in [7, 11) is 1.99. The van der Waals surface area contributed by atoms with Crippen LogP contribution in [0.4, 0.5) is 0 Å². The molecule has 0 aromatic carbocycles. The maximum Gasteiger partial charge on any atom is 0.239 e. The zero-order valence-electron chi connectivity index (χ0n) is 13.8. The number of piperidine rings is 1. The Kier molecular flexibility index (Phi) is 6.83. The summed E-state index contributed by atoms with van der Waals surface area (Å²) in [5.41, 5.74) is 0. The smallest absolute Gasteiger partial charge is 0.239 e. The number of rotatable bonds is 6. The van der Waals surface area contributed by atoms with Crippen molar-refractivity contribution in [3.05, 3.63) is 0 Å². The summed E-state index contributed by atoms with van der Waals surface area (Å²) < 4.78 is 0. The number of likely N-dealkylation sites (N-methyl/N-ethyl adjacent to an activating group) is 1. The third-order valence-corrected chi connectivity index (χ3v) is 5.75. The fourth-order valence-corrected chi connectivity index (χ4v) is 4.14. The minimum Gasteiger partial charge on any atom is -0.342 e. The van der Waals surface area contributed by atoms with Crippen LogP contribution >= 0.6 is 11.8 Å². The molecule has 2 unspecified atom stereocenters. The van der Waals surface area contributed by atoms with E-state index in [0.29, 0.717) is 18.0 Å². The minimum atomic E-state index is 0.134. The van der Waals surface area contributed by atoms with Gasteiger partial charge in [0.2, 0.25) is 5.91 Å². The van der Waals surface area contributed by atoms with Gasteiger partial charge in [-0.25, -0.2) is 0 Å². The van der Waals surface area contributed by atoms with E-state index < -0.39 is 0 Å². The summed E-state index contributed by atoms with van der Waals surface area (Å²) in [4.78, 5) is 17.4. The Morgan fingerprint density at radius 3 is 2.76 bits per heavy atom. The standard InChI is InChI=1S/C16H31N3OS/c1-13(8-12-21-3)18(2)16(20)15-5-4-11-19(15)14-6-9-17-10-7-14/h13-15,17H,4-12H2,1-3H3. The van der Waals surface area contributed by atoms with E-state index in [1.807, 2.05) is 23.7 Å². The molecule has 2 aliphatic heterocycles. The summed E-state index contributed by atoms with van der Waals surface area (Å²) in [6.07, 6.45) is 7.81. The molecule has 0 bridgehead atoms. The van der Waals surface area contributed by atoms with Crippen molar-refractivity contribution in [3.63, 3.8) is 0 Å². The van der Waals surface area contributed by atoms with Crippen molar-refractivity contribution in [2.75, 3.05) is 38.7 Å². The zero-order chi connectivity index (χ0) is 15.2. The maximum absolute atomic E-state index is 12.9. The Morgan fingerprint density at radius 1 is 1.38 bits per heavy atom. The minimum absolute atomic E-state index is 0.134. The Labute approximate surface area is 134 Å². The second-order valence-electron chi connectivity index (χ2n) is 6.46. The van der Waals surface area contributed by atoms with Crippen molar-refractivity contribution in [2.45, 2.75) is 57.2 Å². The highest BCUT2D eigenvalue weighted by molar-refractivity contribution is 7.98. The molecule has 2 fully saturated rings. The third-order valence-electron chi connectivity index (χ3n) is 5.11. The van der Waals surface area contributed by atoms with Gasteiger partial charge < -0.3 is 10.2 Å². The second-order valence-corrected chi connectivity index (χ2v) is 7.44. The van der Waals surface area contributed by atoms with Crippen molar-refractivity contribution in [1.29, 1.82) is 0 Å². The average Bonchev–Trinajstić information content (AvgIpc) is 3.01. The van der Waals surface area contributed by atoms with Gasteiger partial charge >= 0.3 is 0 Å². The van der Waals surface area contributed by atoms with Crippen LogP contribution in [0.15, 0.2) is 0 Å². The van der Waals surface area contributed by atoms with Gasteiger partial charge in [0.1, 0.15) is 0 Å². The van der Waals surface area contributed by atoms with E-state index >= 15 is 0 Å². The predicted molar refractivity (Wildman–Crippen MR) is 90.9 cm³/mol. The first-order valence-electron chi connectivity index (χ1n) is 8.37. The van der Waals surface area contributed by atoms with E-state index in [1.165, 1.54) is 19.3 Å². The summed E-state index contributed by atoms with van der Waals surface area (Å²) >= 11 is 1.86. The van der Waals surface area contributed by atoms with Crippen molar-refractivity contribution in [1.82, 2.24) is 15.1 Å². The van der Waals surface area contributed by atoms with E-state index in [4.69, 9.17) is 0 Å². The Morgan fingerprint density at radius 2 is 2.10 bits per heavy atom. The molecule has 1 N–H and O–H groups in total. The summed E-state index contributed by atoms with van der Waals surface area (Å²) in [5, 5.41) is 3.42. The Hall–Kier alpha value is -0.260. The molecule has 2 saturated heterocycles. The molecule has 0 aromatic rings. The zero-order valence-corrected chi connectivity index (χ0v) is 14.6. The predicted octanol–water partition coefficient (Wildman–Crippen LogP) is 1.80. The Balaban J connectivity index is 1.93. The number of nitrogens with zero attached hydrogens (tertiary/aromatic N) is 2. The fourth-order valence-electron chi connectivity index (χ4n) is 3.56. The third kappa shape index (κ3) is 4.36. The first-order valence-corrected chi connectivity index (χ1v) is 9.76. The van der Waals surface area contributed by atoms with Crippen LogP contribution in [0.25, 0.3) is 0 Å². The van der Waals surface area contributed by atoms with E-state index in [2.05, 4.69) is 23.4 Å². The van der Waals surface area contributed by atoms with Gasteiger partial charge in [0, 0.05) is 19.1 Å². The van der Waals surface area contributed by atoms with Gasteiger partial charge in [0.25, 0.3) is 0 Å². The first kappa shape index (κ1) is 17.1. The normalized spacial score (nSPS) is 26.0. The van der Waals surface area contributed by atoms with Crippen molar-refractivity contribution < 1.29 is 4.79 Å². The number of hydrogen-bond donors (Lipinski definition) is 1. The molecule has 2 atom stereocenters. The largest absolute Gasteiger partial charge is 0.342 e. The van der Waals surface area contributed by atoms with Gasteiger partial charge in [0.15, 0.2) is 0 Å². The highest BCUT2D eigenvalue weighted by Crippen LogP contribution is 2.26. The molecule has 1 amide bonds. The van der Waals surface area contributed by atoms with Crippen LogP contribution in [0.1, 0.15) is 39.0 Å². The first-order chi connectivity index (χ1) is 10.1. The highest BCUT2D eigenvalue weighted by atomic mass is 32.2.